The maximum atomic E-state index is 2.65. The highest BCUT2D eigenvalue weighted by atomic mass is 15.1. The molecule has 47 heavy (non-hydrogen) atoms. The van der Waals surface area contributed by atoms with E-state index in [0.717, 1.165) is 0 Å². The SMILES string of the molecule is CCCCCCCCCCCCCCCn1cc[n+](CCCCCCCCCCCCC)c1CCCCCCCCCCCCCC. The summed E-state index contributed by atoms with van der Waals surface area (Å²) >= 11 is 0. The van der Waals surface area contributed by atoms with Gasteiger partial charge in [-0.05, 0) is 32.1 Å². The summed E-state index contributed by atoms with van der Waals surface area (Å²) in [6.07, 6.45) is 57.8. The van der Waals surface area contributed by atoms with Crippen LogP contribution in [0.5, 0.6) is 0 Å². The van der Waals surface area contributed by atoms with Crippen LogP contribution in [0.3, 0.4) is 0 Å². The van der Waals surface area contributed by atoms with Gasteiger partial charge in [0.25, 0.3) is 5.82 Å². The fourth-order valence-corrected chi connectivity index (χ4v) is 7.56. The Morgan fingerprint density at radius 3 is 1.02 bits per heavy atom. The lowest BCUT2D eigenvalue weighted by Crippen LogP contribution is -2.37. The molecule has 278 valence electrons. The number of nitrogens with zero attached hydrogens (tertiary/aromatic N) is 2. The maximum Gasteiger partial charge on any atom is 0.256 e. The van der Waals surface area contributed by atoms with Crippen molar-refractivity contribution in [3.05, 3.63) is 18.2 Å². The fraction of sp³-hybridized carbons (Fsp3) is 0.933. The molecule has 0 aliphatic rings. The summed E-state index contributed by atoms with van der Waals surface area (Å²) < 4.78 is 5.30. The van der Waals surface area contributed by atoms with Gasteiger partial charge in [-0.15, -0.1) is 0 Å². The van der Waals surface area contributed by atoms with Gasteiger partial charge in [0.05, 0.1) is 13.1 Å². The highest BCUT2D eigenvalue weighted by Gasteiger charge is 2.16. The third-order valence-corrected chi connectivity index (χ3v) is 10.8. The topological polar surface area (TPSA) is 8.81 Å². The summed E-state index contributed by atoms with van der Waals surface area (Å²) in [6, 6.07) is 0. The molecule has 0 atom stereocenters. The van der Waals surface area contributed by atoms with Crippen molar-refractivity contribution in [3.63, 3.8) is 0 Å². The van der Waals surface area contributed by atoms with Crippen LogP contribution < -0.4 is 4.57 Å². The van der Waals surface area contributed by atoms with Crippen molar-refractivity contribution in [2.45, 2.75) is 271 Å². The van der Waals surface area contributed by atoms with Crippen LogP contribution in [-0.4, -0.2) is 4.57 Å². The highest BCUT2D eigenvalue weighted by Crippen LogP contribution is 2.16. The van der Waals surface area contributed by atoms with Crippen molar-refractivity contribution in [2.75, 3.05) is 0 Å². The smallest absolute Gasteiger partial charge is 0.234 e. The molecule has 1 rings (SSSR count). The van der Waals surface area contributed by atoms with Crippen LogP contribution in [0.2, 0.25) is 0 Å². The third kappa shape index (κ3) is 28.7. The maximum absolute atomic E-state index is 2.65. The summed E-state index contributed by atoms with van der Waals surface area (Å²) in [5.41, 5.74) is 0. The molecule has 0 saturated carbocycles. The van der Waals surface area contributed by atoms with Crippen molar-refractivity contribution >= 4 is 0 Å². The van der Waals surface area contributed by atoms with Crippen molar-refractivity contribution in [3.8, 4) is 0 Å². The molecule has 0 radical (unpaired) electrons. The normalized spacial score (nSPS) is 11.6. The first-order valence-corrected chi connectivity index (χ1v) is 22.4. The first kappa shape index (κ1) is 44.2. The van der Waals surface area contributed by atoms with Gasteiger partial charge >= 0.3 is 0 Å². The van der Waals surface area contributed by atoms with Gasteiger partial charge in [-0.1, -0.05) is 220 Å². The van der Waals surface area contributed by atoms with E-state index >= 15 is 0 Å². The van der Waals surface area contributed by atoms with Crippen molar-refractivity contribution in [1.29, 1.82) is 0 Å². The number of aromatic nitrogens is 2. The van der Waals surface area contributed by atoms with Gasteiger partial charge in [0.1, 0.15) is 12.4 Å². The van der Waals surface area contributed by atoms with Gasteiger partial charge in [-0.25, -0.2) is 9.13 Å². The standard InChI is InChI=1S/C45H89N2/c1-4-7-10-13-16-19-22-24-27-30-33-36-39-42-47-44-43-46(41-38-35-32-29-26-21-18-15-12-9-6-3)45(47)40-37-34-31-28-25-23-20-17-14-11-8-5-2/h43-44H,4-42H2,1-3H3/q+1. The Hall–Kier alpha value is -0.790. The molecule has 2 nitrogen and oxygen atoms in total. The summed E-state index contributed by atoms with van der Waals surface area (Å²) in [6.45, 7) is 9.41. The Morgan fingerprint density at radius 1 is 0.362 bits per heavy atom. The van der Waals surface area contributed by atoms with E-state index in [2.05, 4.69) is 42.3 Å². The Morgan fingerprint density at radius 2 is 0.660 bits per heavy atom. The van der Waals surface area contributed by atoms with Crippen LogP contribution in [0.25, 0.3) is 0 Å². The van der Waals surface area contributed by atoms with E-state index in [4.69, 9.17) is 0 Å². The van der Waals surface area contributed by atoms with E-state index in [-0.39, 0.29) is 0 Å². The van der Waals surface area contributed by atoms with Gasteiger partial charge in [0, 0.05) is 6.42 Å². The second-order valence-corrected chi connectivity index (χ2v) is 15.5. The molecule has 0 saturated heterocycles. The Bertz CT molecular complexity index is 722. The second kappa shape index (κ2) is 36.5. The lowest BCUT2D eigenvalue weighted by Gasteiger charge is -2.07. The van der Waals surface area contributed by atoms with Crippen molar-refractivity contribution in [2.24, 2.45) is 0 Å². The number of unbranched alkanes of at least 4 members (excludes halogenated alkanes) is 33. The quantitative estimate of drug-likeness (QED) is 0.0492. The minimum atomic E-state index is 1.23. The van der Waals surface area contributed by atoms with Gasteiger partial charge in [-0.3, -0.25) is 0 Å². The number of aryl methyl sites for hydroxylation is 2. The lowest BCUT2D eigenvalue weighted by molar-refractivity contribution is -0.704. The zero-order chi connectivity index (χ0) is 33.7. The van der Waals surface area contributed by atoms with Crippen LogP contribution in [0, 0.1) is 0 Å². The first-order chi connectivity index (χ1) is 23.3. The van der Waals surface area contributed by atoms with E-state index in [1.54, 1.807) is 5.82 Å². The molecule has 0 fully saturated rings. The predicted octanol–water partition coefficient (Wildman–Crippen LogP) is 15.4. The average molecular weight is 658 g/mol. The minimum absolute atomic E-state index is 1.23. The summed E-state index contributed by atoms with van der Waals surface area (Å²) in [5, 5.41) is 0. The molecule has 0 aromatic carbocycles. The predicted molar refractivity (Wildman–Crippen MR) is 212 cm³/mol. The van der Waals surface area contributed by atoms with E-state index in [0.29, 0.717) is 0 Å². The van der Waals surface area contributed by atoms with E-state index in [1.165, 1.54) is 251 Å². The highest BCUT2D eigenvalue weighted by molar-refractivity contribution is 4.84. The molecular formula is C45H89N2+. The molecule has 0 amide bonds. The molecule has 1 aromatic rings. The van der Waals surface area contributed by atoms with Crippen LogP contribution in [0.4, 0.5) is 0 Å². The molecule has 0 bridgehead atoms. The van der Waals surface area contributed by atoms with Crippen LogP contribution in [0.15, 0.2) is 12.4 Å². The molecule has 1 aromatic heterocycles. The Balaban J connectivity index is 2.29. The second-order valence-electron chi connectivity index (χ2n) is 15.5. The minimum Gasteiger partial charge on any atom is -0.234 e. The Labute approximate surface area is 298 Å². The summed E-state index contributed by atoms with van der Waals surface area (Å²) in [4.78, 5) is 0. The van der Waals surface area contributed by atoms with Gasteiger partial charge in [0.2, 0.25) is 0 Å². The lowest BCUT2D eigenvalue weighted by atomic mass is 10.0. The molecule has 0 N–H and O–H groups in total. The molecule has 1 heterocycles. The average Bonchev–Trinajstić information content (AvgIpc) is 3.47. The molecule has 0 aliphatic heterocycles. The number of rotatable bonds is 39. The Kier molecular flexibility index (Phi) is 34.3. The third-order valence-electron chi connectivity index (χ3n) is 10.8. The van der Waals surface area contributed by atoms with E-state index in [1.807, 2.05) is 0 Å². The van der Waals surface area contributed by atoms with E-state index < -0.39 is 0 Å². The number of hydrogen-bond acceptors (Lipinski definition) is 0. The molecule has 0 aliphatic carbocycles. The van der Waals surface area contributed by atoms with Gasteiger partial charge in [-0.2, -0.15) is 0 Å². The van der Waals surface area contributed by atoms with Crippen molar-refractivity contribution in [1.82, 2.24) is 4.57 Å². The van der Waals surface area contributed by atoms with E-state index in [9.17, 15) is 0 Å². The van der Waals surface area contributed by atoms with Crippen molar-refractivity contribution < 1.29 is 4.57 Å². The number of hydrogen-bond donors (Lipinski definition) is 0. The molecular weight excluding hydrogens is 569 g/mol. The largest absolute Gasteiger partial charge is 0.256 e. The zero-order valence-electron chi connectivity index (χ0n) is 33.1. The molecule has 0 spiro atoms. The summed E-state index contributed by atoms with van der Waals surface area (Å²) in [7, 11) is 0. The van der Waals surface area contributed by atoms with Crippen LogP contribution >= 0.6 is 0 Å². The molecule has 2 heteroatoms. The monoisotopic (exact) mass is 658 g/mol. The number of imidazole rings is 1. The molecule has 0 unspecified atom stereocenters. The van der Waals surface area contributed by atoms with Crippen LogP contribution in [0.1, 0.15) is 258 Å². The zero-order valence-corrected chi connectivity index (χ0v) is 33.1. The fourth-order valence-electron chi connectivity index (χ4n) is 7.56. The van der Waals surface area contributed by atoms with Crippen LogP contribution in [-0.2, 0) is 19.5 Å². The van der Waals surface area contributed by atoms with Gasteiger partial charge in [0.15, 0.2) is 0 Å². The summed E-state index contributed by atoms with van der Waals surface area (Å²) in [5.74, 6) is 1.63. The van der Waals surface area contributed by atoms with Gasteiger partial charge < -0.3 is 0 Å². The first-order valence-electron chi connectivity index (χ1n) is 22.4.